The van der Waals surface area contributed by atoms with Crippen molar-refractivity contribution >= 4 is 39.8 Å². The molecule has 31 heavy (non-hydrogen) atoms. The van der Waals surface area contributed by atoms with Gasteiger partial charge in [0.15, 0.2) is 6.73 Å². The lowest BCUT2D eigenvalue weighted by Crippen LogP contribution is -2.11. The van der Waals surface area contributed by atoms with Gasteiger partial charge in [-0.05, 0) is 60.5 Å². The maximum atomic E-state index is 11.3. The Hall–Kier alpha value is -3.64. The summed E-state index contributed by atoms with van der Waals surface area (Å²) in [6.07, 6.45) is 2.02. The van der Waals surface area contributed by atoms with E-state index in [-0.39, 0.29) is 12.3 Å². The second-order valence-corrected chi connectivity index (χ2v) is 7.77. The minimum atomic E-state index is -0.990. The zero-order valence-corrected chi connectivity index (χ0v) is 17.9. The van der Waals surface area contributed by atoms with E-state index < -0.39 is 5.97 Å². The molecule has 0 aliphatic heterocycles. The standard InChI is InChI=1S/C24H22ClN3O3/c1-14-3-5-17(10-18(14)24(29)30)31-13-27-22-12-20(25)19(11-21(22)26)15-4-6-23-16(9-15)7-8-28(23)2/h3-12,27H,13,26H2,1-2H3,(H,29,30). The topological polar surface area (TPSA) is 89.5 Å². The van der Waals surface area contributed by atoms with Crippen molar-refractivity contribution in [3.63, 3.8) is 0 Å². The summed E-state index contributed by atoms with van der Waals surface area (Å²) in [6, 6.07) is 16.8. The van der Waals surface area contributed by atoms with Crippen LogP contribution in [0.15, 0.2) is 60.8 Å². The third kappa shape index (κ3) is 4.15. The summed E-state index contributed by atoms with van der Waals surface area (Å²) in [5.74, 6) is -0.538. The minimum absolute atomic E-state index is 0.109. The molecule has 0 radical (unpaired) electrons. The average molecular weight is 436 g/mol. The number of hydrogen-bond donors (Lipinski definition) is 3. The van der Waals surface area contributed by atoms with Gasteiger partial charge in [0.25, 0.3) is 0 Å². The quantitative estimate of drug-likeness (QED) is 0.273. The van der Waals surface area contributed by atoms with Crippen LogP contribution in [0.1, 0.15) is 15.9 Å². The van der Waals surface area contributed by atoms with E-state index in [9.17, 15) is 9.90 Å². The molecule has 6 nitrogen and oxygen atoms in total. The van der Waals surface area contributed by atoms with E-state index in [1.165, 1.54) is 6.07 Å². The molecule has 158 valence electrons. The molecule has 0 spiro atoms. The van der Waals surface area contributed by atoms with E-state index in [0.717, 1.165) is 22.0 Å². The van der Waals surface area contributed by atoms with Gasteiger partial charge in [-0.1, -0.05) is 23.7 Å². The van der Waals surface area contributed by atoms with Gasteiger partial charge in [-0.25, -0.2) is 4.79 Å². The van der Waals surface area contributed by atoms with Crippen LogP contribution in [-0.2, 0) is 7.05 Å². The predicted octanol–water partition coefficient (Wildman–Crippen LogP) is 5.54. The number of aromatic carboxylic acids is 1. The van der Waals surface area contributed by atoms with Gasteiger partial charge in [0.2, 0.25) is 0 Å². The van der Waals surface area contributed by atoms with Gasteiger partial charge in [-0.15, -0.1) is 0 Å². The lowest BCUT2D eigenvalue weighted by molar-refractivity contribution is 0.0695. The van der Waals surface area contributed by atoms with Crippen molar-refractivity contribution < 1.29 is 14.6 Å². The Morgan fingerprint density at radius 2 is 1.97 bits per heavy atom. The van der Waals surface area contributed by atoms with Crippen molar-refractivity contribution in [3.05, 3.63) is 76.9 Å². The predicted molar refractivity (Wildman–Crippen MR) is 125 cm³/mol. The van der Waals surface area contributed by atoms with Gasteiger partial charge in [-0.2, -0.15) is 0 Å². The van der Waals surface area contributed by atoms with E-state index in [1.54, 1.807) is 25.1 Å². The largest absolute Gasteiger partial charge is 0.478 e. The van der Waals surface area contributed by atoms with Gasteiger partial charge in [0.05, 0.1) is 22.0 Å². The molecular weight excluding hydrogens is 414 g/mol. The molecule has 4 aromatic rings. The molecule has 4 N–H and O–H groups in total. The van der Waals surface area contributed by atoms with E-state index in [2.05, 4.69) is 28.1 Å². The number of fused-ring (bicyclic) bond motifs is 1. The highest BCUT2D eigenvalue weighted by molar-refractivity contribution is 6.34. The highest BCUT2D eigenvalue weighted by atomic mass is 35.5. The maximum Gasteiger partial charge on any atom is 0.336 e. The van der Waals surface area contributed by atoms with Crippen molar-refractivity contribution in [2.75, 3.05) is 17.8 Å². The molecular formula is C24H22ClN3O3. The molecule has 0 unspecified atom stereocenters. The van der Waals surface area contributed by atoms with Crippen LogP contribution in [0.5, 0.6) is 5.75 Å². The summed E-state index contributed by atoms with van der Waals surface area (Å²) in [6.45, 7) is 1.85. The Labute approximate surface area is 184 Å². The Morgan fingerprint density at radius 3 is 2.74 bits per heavy atom. The van der Waals surface area contributed by atoms with Crippen molar-refractivity contribution in [1.82, 2.24) is 4.57 Å². The smallest absolute Gasteiger partial charge is 0.336 e. The first kappa shape index (κ1) is 20.6. The first-order valence-corrected chi connectivity index (χ1v) is 10.1. The van der Waals surface area contributed by atoms with Gasteiger partial charge in [0.1, 0.15) is 5.75 Å². The fourth-order valence-electron chi connectivity index (χ4n) is 3.53. The highest BCUT2D eigenvalue weighted by Gasteiger charge is 2.11. The van der Waals surface area contributed by atoms with Crippen molar-refractivity contribution in [1.29, 1.82) is 0 Å². The van der Waals surface area contributed by atoms with Crippen LogP contribution in [0, 0.1) is 6.92 Å². The van der Waals surface area contributed by atoms with Crippen LogP contribution in [-0.4, -0.2) is 22.4 Å². The normalized spacial score (nSPS) is 10.9. The van der Waals surface area contributed by atoms with E-state index in [4.69, 9.17) is 22.1 Å². The van der Waals surface area contributed by atoms with Crippen LogP contribution in [0.2, 0.25) is 5.02 Å². The van der Waals surface area contributed by atoms with E-state index in [0.29, 0.717) is 27.7 Å². The molecule has 0 saturated heterocycles. The first-order valence-electron chi connectivity index (χ1n) is 9.68. The lowest BCUT2D eigenvalue weighted by Gasteiger charge is -2.14. The number of anilines is 2. The fourth-order valence-corrected chi connectivity index (χ4v) is 3.80. The number of nitrogen functional groups attached to an aromatic ring is 1. The maximum absolute atomic E-state index is 11.3. The number of halogens is 1. The summed E-state index contributed by atoms with van der Waals surface area (Å²) in [5.41, 5.74) is 11.3. The molecule has 0 fully saturated rings. The number of carbonyl (C=O) groups is 1. The monoisotopic (exact) mass is 435 g/mol. The average Bonchev–Trinajstić information content (AvgIpc) is 3.11. The van der Waals surface area contributed by atoms with Gasteiger partial charge >= 0.3 is 5.97 Å². The van der Waals surface area contributed by atoms with Crippen molar-refractivity contribution in [2.24, 2.45) is 7.05 Å². The third-order valence-corrected chi connectivity index (χ3v) is 5.59. The van der Waals surface area contributed by atoms with Gasteiger partial charge in [-0.3, -0.25) is 0 Å². The van der Waals surface area contributed by atoms with E-state index >= 15 is 0 Å². The molecule has 0 atom stereocenters. The number of ether oxygens (including phenoxy) is 1. The summed E-state index contributed by atoms with van der Waals surface area (Å²) in [5, 5.41) is 14.0. The molecule has 7 heteroatoms. The third-order valence-electron chi connectivity index (χ3n) is 5.28. The zero-order valence-electron chi connectivity index (χ0n) is 17.1. The highest BCUT2D eigenvalue weighted by Crippen LogP contribution is 2.35. The summed E-state index contributed by atoms with van der Waals surface area (Å²) < 4.78 is 7.71. The number of carboxylic acid groups (broad SMARTS) is 1. The summed E-state index contributed by atoms with van der Waals surface area (Å²) >= 11 is 6.55. The zero-order chi connectivity index (χ0) is 22.1. The Bertz CT molecular complexity index is 1300. The van der Waals surface area contributed by atoms with Crippen LogP contribution >= 0.6 is 11.6 Å². The van der Waals surface area contributed by atoms with Gasteiger partial charge in [0, 0.05) is 29.7 Å². The Balaban J connectivity index is 1.51. The number of aromatic nitrogens is 1. The number of nitrogens with one attached hydrogen (secondary N) is 1. The van der Waals surface area contributed by atoms with Gasteiger partial charge < -0.3 is 25.5 Å². The second kappa shape index (κ2) is 8.24. The SMILES string of the molecule is Cc1ccc(OCNc2cc(Cl)c(-c3ccc4c(ccn4C)c3)cc2N)cc1C(=O)O. The Kier molecular flexibility index (Phi) is 5.48. The number of nitrogens with two attached hydrogens (primary N) is 1. The van der Waals surface area contributed by atoms with Crippen molar-refractivity contribution in [3.8, 4) is 16.9 Å². The molecule has 0 bridgehead atoms. The molecule has 1 aromatic heterocycles. The lowest BCUT2D eigenvalue weighted by atomic mass is 10.0. The van der Waals surface area contributed by atoms with Crippen LogP contribution in [0.4, 0.5) is 11.4 Å². The summed E-state index contributed by atoms with van der Waals surface area (Å²) in [4.78, 5) is 11.3. The number of nitrogens with zero attached hydrogens (tertiary/aromatic N) is 1. The molecule has 4 rings (SSSR count). The number of aryl methyl sites for hydroxylation is 2. The molecule has 1 heterocycles. The van der Waals surface area contributed by atoms with Crippen molar-refractivity contribution in [2.45, 2.75) is 6.92 Å². The number of hydrogen-bond acceptors (Lipinski definition) is 4. The molecule has 0 amide bonds. The van der Waals surface area contributed by atoms with Crippen LogP contribution in [0.3, 0.4) is 0 Å². The molecule has 0 aliphatic carbocycles. The molecule has 0 saturated carbocycles. The second-order valence-electron chi connectivity index (χ2n) is 7.37. The minimum Gasteiger partial charge on any atom is -0.478 e. The van der Waals surface area contributed by atoms with Crippen LogP contribution < -0.4 is 15.8 Å². The van der Waals surface area contributed by atoms with E-state index in [1.807, 2.05) is 25.4 Å². The molecule has 3 aromatic carbocycles. The molecule has 0 aliphatic rings. The summed E-state index contributed by atoms with van der Waals surface area (Å²) in [7, 11) is 2.01. The Morgan fingerprint density at radius 1 is 1.16 bits per heavy atom. The number of rotatable bonds is 6. The number of carboxylic acids is 1. The first-order chi connectivity index (χ1) is 14.8. The number of benzene rings is 3. The van der Waals surface area contributed by atoms with Crippen LogP contribution in [0.25, 0.3) is 22.0 Å². The fraction of sp³-hybridized carbons (Fsp3) is 0.125.